The molecule has 20 heavy (non-hydrogen) atoms. The standard InChI is InChI=1S/C14H20FN3O2/c1-9-6-12(19-7-10-2-4-16-10)14(18-13(9)15)20-8-11-3-5-17-11/h6,10-11,16-17H,2-5,7-8H2,1H3/t10-,11-/m1/s1. The van der Waals surface area contributed by atoms with Crippen molar-refractivity contribution >= 4 is 0 Å². The number of rotatable bonds is 6. The molecular formula is C14H20FN3O2. The maximum Gasteiger partial charge on any atom is 0.259 e. The number of nitrogens with one attached hydrogen (secondary N) is 2. The Balaban J connectivity index is 1.65. The second-order valence-corrected chi connectivity index (χ2v) is 5.40. The number of nitrogens with zero attached hydrogens (tertiary/aromatic N) is 1. The Kier molecular flexibility index (Phi) is 4.03. The van der Waals surface area contributed by atoms with Crippen LogP contribution in [0.3, 0.4) is 0 Å². The molecule has 0 unspecified atom stereocenters. The van der Waals surface area contributed by atoms with Crippen LogP contribution in [0.5, 0.6) is 11.6 Å². The molecule has 0 saturated carbocycles. The van der Waals surface area contributed by atoms with E-state index < -0.39 is 5.95 Å². The van der Waals surface area contributed by atoms with Gasteiger partial charge in [-0.15, -0.1) is 0 Å². The summed E-state index contributed by atoms with van der Waals surface area (Å²) in [4.78, 5) is 3.86. The van der Waals surface area contributed by atoms with Gasteiger partial charge in [0.25, 0.3) is 5.88 Å². The number of hydrogen-bond acceptors (Lipinski definition) is 5. The fraction of sp³-hybridized carbons (Fsp3) is 0.643. The lowest BCUT2D eigenvalue weighted by molar-refractivity contribution is 0.181. The zero-order chi connectivity index (χ0) is 13.9. The Morgan fingerprint density at radius 3 is 2.35 bits per heavy atom. The second-order valence-electron chi connectivity index (χ2n) is 5.40. The number of pyridine rings is 1. The molecule has 2 aliphatic heterocycles. The van der Waals surface area contributed by atoms with E-state index in [0.717, 1.165) is 25.9 Å². The van der Waals surface area contributed by atoms with E-state index >= 15 is 0 Å². The fourth-order valence-electron chi connectivity index (χ4n) is 2.11. The van der Waals surface area contributed by atoms with E-state index in [9.17, 15) is 4.39 Å². The Morgan fingerprint density at radius 2 is 1.80 bits per heavy atom. The number of ether oxygens (including phenoxy) is 2. The molecule has 0 bridgehead atoms. The minimum Gasteiger partial charge on any atom is -0.486 e. The van der Waals surface area contributed by atoms with Crippen LogP contribution in [0.15, 0.2) is 6.07 Å². The van der Waals surface area contributed by atoms with E-state index in [2.05, 4.69) is 15.6 Å². The molecule has 5 nitrogen and oxygen atoms in total. The Labute approximate surface area is 117 Å². The molecular weight excluding hydrogens is 261 g/mol. The van der Waals surface area contributed by atoms with Crippen molar-refractivity contribution in [3.8, 4) is 11.6 Å². The zero-order valence-corrected chi connectivity index (χ0v) is 11.6. The molecule has 0 aromatic carbocycles. The van der Waals surface area contributed by atoms with Gasteiger partial charge in [0, 0.05) is 17.6 Å². The second kappa shape index (κ2) is 5.93. The van der Waals surface area contributed by atoms with Crippen molar-refractivity contribution in [2.24, 2.45) is 0 Å². The van der Waals surface area contributed by atoms with Crippen LogP contribution in [0.25, 0.3) is 0 Å². The van der Waals surface area contributed by atoms with E-state index in [1.807, 2.05) is 0 Å². The highest BCUT2D eigenvalue weighted by molar-refractivity contribution is 5.36. The molecule has 1 aromatic rings. The summed E-state index contributed by atoms with van der Waals surface area (Å²) in [5.74, 6) is 0.272. The number of hydrogen-bond donors (Lipinski definition) is 2. The molecule has 2 fully saturated rings. The van der Waals surface area contributed by atoms with E-state index in [0.29, 0.717) is 36.6 Å². The summed E-state index contributed by atoms with van der Waals surface area (Å²) < 4.78 is 24.9. The maximum atomic E-state index is 13.6. The van der Waals surface area contributed by atoms with E-state index in [1.54, 1.807) is 13.0 Å². The van der Waals surface area contributed by atoms with Gasteiger partial charge in [0.2, 0.25) is 5.95 Å². The van der Waals surface area contributed by atoms with Crippen LogP contribution in [0.1, 0.15) is 18.4 Å². The summed E-state index contributed by atoms with van der Waals surface area (Å²) in [5, 5.41) is 6.49. The average Bonchev–Trinajstić information content (AvgIpc) is 2.30. The molecule has 0 aliphatic carbocycles. The first-order valence-electron chi connectivity index (χ1n) is 7.12. The van der Waals surface area contributed by atoms with Crippen molar-refractivity contribution in [1.82, 2.24) is 15.6 Å². The maximum absolute atomic E-state index is 13.6. The van der Waals surface area contributed by atoms with Crippen LogP contribution in [0, 0.1) is 12.9 Å². The van der Waals surface area contributed by atoms with Gasteiger partial charge >= 0.3 is 0 Å². The lowest BCUT2D eigenvalue weighted by atomic mass is 10.1. The van der Waals surface area contributed by atoms with Gasteiger partial charge in [-0.05, 0) is 38.9 Å². The Bertz CT molecular complexity index is 433. The van der Waals surface area contributed by atoms with Crippen LogP contribution in [-0.4, -0.2) is 43.4 Å². The number of aromatic nitrogens is 1. The highest BCUT2D eigenvalue weighted by atomic mass is 19.1. The van der Waals surface area contributed by atoms with Gasteiger partial charge in [0.15, 0.2) is 5.75 Å². The Morgan fingerprint density at radius 1 is 1.20 bits per heavy atom. The van der Waals surface area contributed by atoms with E-state index in [4.69, 9.17) is 9.47 Å². The number of halogens is 1. The molecule has 2 atom stereocenters. The summed E-state index contributed by atoms with van der Waals surface area (Å²) in [6.07, 6.45) is 2.19. The van der Waals surface area contributed by atoms with Gasteiger partial charge < -0.3 is 20.1 Å². The highest BCUT2D eigenvalue weighted by Gasteiger charge is 2.21. The van der Waals surface area contributed by atoms with E-state index in [1.165, 1.54) is 0 Å². The monoisotopic (exact) mass is 281 g/mol. The molecule has 0 amide bonds. The first-order chi connectivity index (χ1) is 9.72. The third-order valence-electron chi connectivity index (χ3n) is 3.80. The first kappa shape index (κ1) is 13.6. The van der Waals surface area contributed by atoms with Gasteiger partial charge in [0.1, 0.15) is 13.2 Å². The zero-order valence-electron chi connectivity index (χ0n) is 11.6. The summed E-state index contributed by atoms with van der Waals surface area (Å²) >= 11 is 0. The van der Waals surface area contributed by atoms with Gasteiger partial charge in [-0.25, -0.2) is 0 Å². The summed E-state index contributed by atoms with van der Waals surface area (Å²) in [5.41, 5.74) is 0.468. The molecule has 3 heterocycles. The van der Waals surface area contributed by atoms with Crippen LogP contribution >= 0.6 is 0 Å². The Hall–Kier alpha value is -1.40. The SMILES string of the molecule is Cc1cc(OC[C@H]2CCN2)c(OC[C@H]2CCN2)nc1F. The summed E-state index contributed by atoms with van der Waals surface area (Å²) in [6, 6.07) is 2.37. The predicted octanol–water partition coefficient (Wildman–Crippen LogP) is 1.01. The quantitative estimate of drug-likeness (QED) is 0.762. The molecule has 0 radical (unpaired) electrons. The van der Waals surface area contributed by atoms with Gasteiger partial charge in [0.05, 0.1) is 0 Å². The van der Waals surface area contributed by atoms with Gasteiger partial charge in [-0.3, -0.25) is 0 Å². The lowest BCUT2D eigenvalue weighted by Crippen LogP contribution is -2.47. The minimum absolute atomic E-state index is 0.251. The molecule has 0 spiro atoms. The molecule has 3 rings (SSSR count). The van der Waals surface area contributed by atoms with Gasteiger partial charge in [-0.2, -0.15) is 9.37 Å². The summed E-state index contributed by atoms with van der Waals surface area (Å²) in [6.45, 7) is 4.78. The molecule has 110 valence electrons. The topological polar surface area (TPSA) is 55.4 Å². The van der Waals surface area contributed by atoms with Crippen molar-refractivity contribution in [3.05, 3.63) is 17.6 Å². The van der Waals surface area contributed by atoms with Crippen molar-refractivity contribution in [2.75, 3.05) is 26.3 Å². The van der Waals surface area contributed by atoms with Crippen LogP contribution < -0.4 is 20.1 Å². The summed E-state index contributed by atoms with van der Waals surface area (Å²) in [7, 11) is 0. The third-order valence-corrected chi connectivity index (χ3v) is 3.80. The van der Waals surface area contributed by atoms with Crippen molar-refractivity contribution in [2.45, 2.75) is 31.8 Å². The van der Waals surface area contributed by atoms with Crippen LogP contribution in [0.2, 0.25) is 0 Å². The lowest BCUT2D eigenvalue weighted by Gasteiger charge is -2.29. The highest BCUT2D eigenvalue weighted by Crippen LogP contribution is 2.28. The fourth-order valence-corrected chi connectivity index (χ4v) is 2.11. The minimum atomic E-state index is -0.504. The molecule has 2 N–H and O–H groups in total. The largest absolute Gasteiger partial charge is 0.486 e. The molecule has 6 heteroatoms. The van der Waals surface area contributed by atoms with Crippen molar-refractivity contribution in [1.29, 1.82) is 0 Å². The normalized spacial score (nSPS) is 24.7. The van der Waals surface area contributed by atoms with Gasteiger partial charge in [-0.1, -0.05) is 0 Å². The van der Waals surface area contributed by atoms with Crippen molar-refractivity contribution < 1.29 is 13.9 Å². The van der Waals surface area contributed by atoms with Crippen molar-refractivity contribution in [3.63, 3.8) is 0 Å². The first-order valence-corrected chi connectivity index (χ1v) is 7.12. The van der Waals surface area contributed by atoms with Crippen LogP contribution in [-0.2, 0) is 0 Å². The van der Waals surface area contributed by atoms with Crippen LogP contribution in [0.4, 0.5) is 4.39 Å². The molecule has 1 aromatic heterocycles. The van der Waals surface area contributed by atoms with E-state index in [-0.39, 0.29) is 5.88 Å². The predicted molar refractivity (Wildman–Crippen MR) is 72.7 cm³/mol. The smallest absolute Gasteiger partial charge is 0.259 e. The molecule has 2 saturated heterocycles. The number of aryl methyl sites for hydroxylation is 1. The molecule has 2 aliphatic rings. The third kappa shape index (κ3) is 3.02. The average molecular weight is 281 g/mol.